The highest BCUT2D eigenvalue weighted by Gasteiger charge is 2.26. The second-order valence-electron chi connectivity index (χ2n) is 7.20. The van der Waals surface area contributed by atoms with E-state index in [2.05, 4.69) is 44.8 Å². The summed E-state index contributed by atoms with van der Waals surface area (Å²) >= 11 is 0. The smallest absolute Gasteiger partial charge is 0.0223 e. The van der Waals surface area contributed by atoms with E-state index in [0.29, 0.717) is 0 Å². The van der Waals surface area contributed by atoms with E-state index in [1.54, 1.807) is 0 Å². The largest absolute Gasteiger partial charge is 0.311 e. The van der Waals surface area contributed by atoms with Crippen molar-refractivity contribution in [1.29, 1.82) is 0 Å². The zero-order valence-corrected chi connectivity index (χ0v) is 14.0. The zero-order valence-electron chi connectivity index (χ0n) is 14.0. The summed E-state index contributed by atoms with van der Waals surface area (Å²) in [5, 5.41) is 3.72. The Labute approximate surface area is 121 Å². The minimum atomic E-state index is 0.234. The van der Waals surface area contributed by atoms with Crippen molar-refractivity contribution in [3.05, 3.63) is 0 Å². The molecule has 0 radical (unpaired) electrons. The molecule has 0 spiro atoms. The van der Waals surface area contributed by atoms with Crippen molar-refractivity contribution < 1.29 is 0 Å². The number of nitrogens with one attached hydrogen (secondary N) is 1. The Morgan fingerprint density at radius 3 is 2.21 bits per heavy atom. The fourth-order valence-corrected chi connectivity index (χ4v) is 3.37. The molecule has 0 amide bonds. The average molecular weight is 268 g/mol. The van der Waals surface area contributed by atoms with Crippen molar-refractivity contribution in [2.75, 3.05) is 13.1 Å². The second kappa shape index (κ2) is 8.26. The molecule has 1 aliphatic rings. The lowest BCUT2D eigenvalue weighted by Crippen LogP contribution is -2.51. The molecule has 0 saturated heterocycles. The Bertz CT molecular complexity index is 226. The highest BCUT2D eigenvalue weighted by molar-refractivity contribution is 4.84. The highest BCUT2D eigenvalue weighted by atomic mass is 15.2. The summed E-state index contributed by atoms with van der Waals surface area (Å²) in [6.45, 7) is 13.8. The van der Waals surface area contributed by atoms with Crippen LogP contribution in [0.4, 0.5) is 0 Å². The molecule has 19 heavy (non-hydrogen) atoms. The van der Waals surface area contributed by atoms with Gasteiger partial charge in [0.2, 0.25) is 0 Å². The molecule has 2 heteroatoms. The minimum Gasteiger partial charge on any atom is -0.311 e. The van der Waals surface area contributed by atoms with Crippen LogP contribution >= 0.6 is 0 Å². The van der Waals surface area contributed by atoms with Crippen molar-refractivity contribution in [2.45, 2.75) is 97.2 Å². The Kier molecular flexibility index (Phi) is 7.38. The molecule has 0 aromatic carbocycles. The zero-order chi connectivity index (χ0) is 14.3. The maximum absolute atomic E-state index is 3.72. The molecule has 1 aliphatic carbocycles. The first kappa shape index (κ1) is 17.0. The number of nitrogens with zero attached hydrogens (tertiary/aromatic N) is 1. The predicted molar refractivity (Wildman–Crippen MR) is 85.7 cm³/mol. The highest BCUT2D eigenvalue weighted by Crippen LogP contribution is 2.25. The van der Waals surface area contributed by atoms with Gasteiger partial charge >= 0.3 is 0 Å². The molecule has 0 aromatic heterocycles. The van der Waals surface area contributed by atoms with E-state index >= 15 is 0 Å². The second-order valence-corrected chi connectivity index (χ2v) is 7.20. The molecule has 1 unspecified atom stereocenters. The van der Waals surface area contributed by atoms with Crippen LogP contribution < -0.4 is 5.32 Å². The van der Waals surface area contributed by atoms with E-state index in [0.717, 1.165) is 18.6 Å². The van der Waals surface area contributed by atoms with Gasteiger partial charge in [0.1, 0.15) is 0 Å². The monoisotopic (exact) mass is 268 g/mol. The number of hydrogen-bond acceptors (Lipinski definition) is 2. The first-order valence-electron chi connectivity index (χ1n) is 8.48. The van der Waals surface area contributed by atoms with Gasteiger partial charge in [-0.15, -0.1) is 0 Å². The third-order valence-corrected chi connectivity index (χ3v) is 4.37. The summed E-state index contributed by atoms with van der Waals surface area (Å²) in [5.74, 6) is 0. The van der Waals surface area contributed by atoms with Crippen LogP contribution in [0.25, 0.3) is 0 Å². The molecule has 1 N–H and O–H groups in total. The Balaban J connectivity index is 2.58. The van der Waals surface area contributed by atoms with Crippen LogP contribution in [0.2, 0.25) is 0 Å². The van der Waals surface area contributed by atoms with Crippen LogP contribution in [0.5, 0.6) is 0 Å². The first-order valence-corrected chi connectivity index (χ1v) is 8.48. The molecule has 0 aliphatic heterocycles. The molecule has 2 nitrogen and oxygen atoms in total. The quantitative estimate of drug-likeness (QED) is 0.744. The van der Waals surface area contributed by atoms with Crippen molar-refractivity contribution in [3.8, 4) is 0 Å². The third kappa shape index (κ3) is 6.27. The Morgan fingerprint density at radius 2 is 1.74 bits per heavy atom. The standard InChI is InChI=1S/C17H36N2/c1-6-11-16(14-18-17(3,4)5)19(7-2)15-12-9-8-10-13-15/h15-16,18H,6-14H2,1-5H3. The van der Waals surface area contributed by atoms with Gasteiger partial charge in [0.25, 0.3) is 0 Å². The van der Waals surface area contributed by atoms with Gasteiger partial charge in [-0.3, -0.25) is 4.90 Å². The van der Waals surface area contributed by atoms with Gasteiger partial charge in [0, 0.05) is 24.2 Å². The van der Waals surface area contributed by atoms with Gasteiger partial charge < -0.3 is 5.32 Å². The van der Waals surface area contributed by atoms with Gasteiger partial charge in [-0.1, -0.05) is 39.5 Å². The van der Waals surface area contributed by atoms with Crippen LogP contribution in [0.3, 0.4) is 0 Å². The van der Waals surface area contributed by atoms with Crippen LogP contribution in [-0.4, -0.2) is 35.6 Å². The fraction of sp³-hybridized carbons (Fsp3) is 1.00. The number of likely N-dealkylation sites (N-methyl/N-ethyl adjacent to an activating group) is 1. The number of hydrogen-bond donors (Lipinski definition) is 1. The van der Waals surface area contributed by atoms with Crippen molar-refractivity contribution in [2.24, 2.45) is 0 Å². The molecular weight excluding hydrogens is 232 g/mol. The fourth-order valence-electron chi connectivity index (χ4n) is 3.37. The minimum absolute atomic E-state index is 0.234. The SMILES string of the molecule is CCCC(CNC(C)(C)C)N(CC)C1CCCCC1. The van der Waals surface area contributed by atoms with Crippen molar-refractivity contribution in [3.63, 3.8) is 0 Å². The summed E-state index contributed by atoms with van der Waals surface area (Å²) in [6.07, 6.45) is 9.78. The van der Waals surface area contributed by atoms with E-state index in [1.165, 1.54) is 51.5 Å². The summed E-state index contributed by atoms with van der Waals surface area (Å²) < 4.78 is 0. The van der Waals surface area contributed by atoms with E-state index in [9.17, 15) is 0 Å². The summed E-state index contributed by atoms with van der Waals surface area (Å²) in [4.78, 5) is 2.79. The topological polar surface area (TPSA) is 15.3 Å². The average Bonchev–Trinajstić information content (AvgIpc) is 2.37. The Morgan fingerprint density at radius 1 is 1.11 bits per heavy atom. The first-order chi connectivity index (χ1) is 8.98. The van der Waals surface area contributed by atoms with E-state index in [-0.39, 0.29) is 5.54 Å². The number of rotatable bonds is 7. The van der Waals surface area contributed by atoms with Gasteiger partial charge in [-0.05, 0) is 46.6 Å². The third-order valence-electron chi connectivity index (χ3n) is 4.37. The summed E-state index contributed by atoms with van der Waals surface area (Å²) in [6, 6.07) is 1.56. The normalized spacial score (nSPS) is 19.9. The van der Waals surface area contributed by atoms with Crippen LogP contribution in [0.15, 0.2) is 0 Å². The van der Waals surface area contributed by atoms with Crippen LogP contribution in [0.1, 0.15) is 79.6 Å². The van der Waals surface area contributed by atoms with E-state index in [1.807, 2.05) is 0 Å². The molecule has 1 rings (SSSR count). The molecule has 0 heterocycles. The summed E-state index contributed by atoms with van der Waals surface area (Å²) in [5.41, 5.74) is 0.234. The molecule has 0 bridgehead atoms. The van der Waals surface area contributed by atoms with Crippen molar-refractivity contribution in [1.82, 2.24) is 10.2 Å². The molecule has 114 valence electrons. The maximum atomic E-state index is 3.72. The molecule has 0 aromatic rings. The van der Waals surface area contributed by atoms with Gasteiger partial charge in [-0.25, -0.2) is 0 Å². The van der Waals surface area contributed by atoms with Gasteiger partial charge in [0.15, 0.2) is 0 Å². The van der Waals surface area contributed by atoms with Gasteiger partial charge in [0.05, 0.1) is 0 Å². The van der Waals surface area contributed by atoms with E-state index in [4.69, 9.17) is 0 Å². The van der Waals surface area contributed by atoms with Gasteiger partial charge in [-0.2, -0.15) is 0 Å². The molecule has 1 saturated carbocycles. The Hall–Kier alpha value is -0.0800. The lowest BCUT2D eigenvalue weighted by Gasteiger charge is -2.40. The maximum Gasteiger partial charge on any atom is 0.0223 e. The van der Waals surface area contributed by atoms with E-state index < -0.39 is 0 Å². The summed E-state index contributed by atoms with van der Waals surface area (Å²) in [7, 11) is 0. The van der Waals surface area contributed by atoms with Crippen LogP contribution in [0, 0.1) is 0 Å². The van der Waals surface area contributed by atoms with Crippen LogP contribution in [-0.2, 0) is 0 Å². The lowest BCUT2D eigenvalue weighted by atomic mass is 9.92. The van der Waals surface area contributed by atoms with Crippen molar-refractivity contribution >= 4 is 0 Å². The lowest BCUT2D eigenvalue weighted by molar-refractivity contribution is 0.0986. The molecular formula is C17H36N2. The molecule has 1 fully saturated rings. The molecule has 1 atom stereocenters. The predicted octanol–water partition coefficient (Wildman–Crippen LogP) is 4.20.